The van der Waals surface area contributed by atoms with E-state index >= 15 is 0 Å². The smallest absolute Gasteiger partial charge is 0.273 e. The van der Waals surface area contributed by atoms with E-state index in [4.69, 9.17) is 0 Å². The third-order valence-corrected chi connectivity index (χ3v) is 4.75. The average molecular weight is 390 g/mol. The molecule has 0 aliphatic rings. The van der Waals surface area contributed by atoms with Gasteiger partial charge in [0.2, 0.25) is 0 Å². The fraction of sp³-hybridized carbons (Fsp3) is 0.150. The Bertz CT molecular complexity index is 1210. The zero-order valence-corrected chi connectivity index (χ0v) is 15.6. The molecule has 4 aromatic rings. The molecule has 146 valence electrons. The van der Waals surface area contributed by atoms with Crippen LogP contribution >= 0.6 is 0 Å². The van der Waals surface area contributed by atoms with Gasteiger partial charge in [0, 0.05) is 35.8 Å². The zero-order chi connectivity index (χ0) is 20.4. The van der Waals surface area contributed by atoms with Crippen molar-refractivity contribution >= 4 is 22.5 Å². The molecule has 2 aromatic carbocycles. The molecule has 2 heterocycles. The van der Waals surface area contributed by atoms with Crippen molar-refractivity contribution in [2.75, 3.05) is 6.54 Å². The highest BCUT2D eigenvalue weighted by Crippen LogP contribution is 2.19. The first-order valence-electron chi connectivity index (χ1n) is 9.05. The van der Waals surface area contributed by atoms with E-state index in [-0.39, 0.29) is 17.3 Å². The molecule has 2 aromatic heterocycles. The number of nitrogens with zero attached hydrogens (tertiary/aromatic N) is 4. The van der Waals surface area contributed by atoms with Gasteiger partial charge in [0.25, 0.3) is 11.6 Å². The second-order valence-corrected chi connectivity index (χ2v) is 6.58. The zero-order valence-electron chi connectivity index (χ0n) is 15.6. The van der Waals surface area contributed by atoms with Crippen molar-refractivity contribution in [3.8, 4) is 5.69 Å². The first-order valence-corrected chi connectivity index (χ1v) is 9.05. The number of nitrogens with one attached hydrogen (secondary N) is 2. The van der Waals surface area contributed by atoms with Crippen LogP contribution < -0.4 is 5.32 Å². The Morgan fingerprint density at radius 1 is 1.24 bits per heavy atom. The number of non-ortho nitro benzene ring substituents is 1. The summed E-state index contributed by atoms with van der Waals surface area (Å²) in [6, 6.07) is 14.0. The number of rotatable bonds is 6. The van der Waals surface area contributed by atoms with Gasteiger partial charge in [-0.3, -0.25) is 14.9 Å². The van der Waals surface area contributed by atoms with Crippen LogP contribution in [-0.2, 0) is 6.42 Å². The molecule has 0 saturated carbocycles. The summed E-state index contributed by atoms with van der Waals surface area (Å²) in [6.45, 7) is 2.15. The topological polar surface area (TPSA) is 119 Å². The van der Waals surface area contributed by atoms with Crippen LogP contribution in [-0.4, -0.2) is 37.4 Å². The second kappa shape index (κ2) is 7.55. The second-order valence-electron chi connectivity index (χ2n) is 6.58. The Balaban J connectivity index is 1.46. The Morgan fingerprint density at radius 3 is 2.90 bits per heavy atom. The molecule has 0 saturated heterocycles. The van der Waals surface area contributed by atoms with E-state index in [2.05, 4.69) is 20.6 Å². The van der Waals surface area contributed by atoms with Crippen LogP contribution in [0.15, 0.2) is 54.7 Å². The molecule has 0 atom stereocenters. The van der Waals surface area contributed by atoms with Crippen molar-refractivity contribution in [3.05, 3.63) is 81.8 Å². The van der Waals surface area contributed by atoms with Gasteiger partial charge in [-0.15, -0.1) is 5.10 Å². The molecular weight excluding hydrogens is 372 g/mol. The number of H-pyrrole nitrogens is 1. The minimum Gasteiger partial charge on any atom is -0.361 e. The van der Waals surface area contributed by atoms with Crippen molar-refractivity contribution in [2.24, 2.45) is 0 Å². The summed E-state index contributed by atoms with van der Waals surface area (Å²) in [6.07, 6.45) is 2.62. The lowest BCUT2D eigenvalue weighted by molar-refractivity contribution is -0.384. The van der Waals surface area contributed by atoms with Crippen LogP contribution in [0.25, 0.3) is 16.6 Å². The fourth-order valence-electron chi connectivity index (χ4n) is 3.26. The van der Waals surface area contributed by atoms with Gasteiger partial charge in [0.05, 0.1) is 16.3 Å². The van der Waals surface area contributed by atoms with Crippen LogP contribution in [0, 0.1) is 17.0 Å². The number of nitro groups is 1. The molecular formula is C20H18N6O3. The summed E-state index contributed by atoms with van der Waals surface area (Å²) in [5.74, 6) is -0.334. The highest BCUT2D eigenvalue weighted by atomic mass is 16.6. The number of nitro benzene ring substituents is 1. The van der Waals surface area contributed by atoms with Gasteiger partial charge in [-0.1, -0.05) is 29.5 Å². The molecule has 4 rings (SSSR count). The predicted molar refractivity (Wildman–Crippen MR) is 107 cm³/mol. The Morgan fingerprint density at radius 2 is 2.07 bits per heavy atom. The third-order valence-electron chi connectivity index (χ3n) is 4.75. The molecule has 9 nitrogen and oxygen atoms in total. The summed E-state index contributed by atoms with van der Waals surface area (Å²) in [4.78, 5) is 26.2. The SMILES string of the molecule is Cc1c(C(=O)NCCc2c[nH]c3ccccc23)nnn1-c1cccc([N+](=O)[O-])c1. The molecule has 0 radical (unpaired) electrons. The molecule has 0 unspecified atom stereocenters. The van der Waals surface area contributed by atoms with Gasteiger partial charge >= 0.3 is 0 Å². The van der Waals surface area contributed by atoms with Crippen LogP contribution in [0.1, 0.15) is 21.7 Å². The lowest BCUT2D eigenvalue weighted by Gasteiger charge is -2.05. The Hall–Kier alpha value is -4.01. The molecule has 0 aliphatic carbocycles. The minimum absolute atomic E-state index is 0.0536. The first kappa shape index (κ1) is 18.4. The van der Waals surface area contributed by atoms with Crippen LogP contribution in [0.3, 0.4) is 0 Å². The normalized spacial score (nSPS) is 10.9. The van der Waals surface area contributed by atoms with Gasteiger partial charge in [0.1, 0.15) is 0 Å². The number of aromatic amines is 1. The highest BCUT2D eigenvalue weighted by Gasteiger charge is 2.18. The molecule has 2 N–H and O–H groups in total. The van der Waals surface area contributed by atoms with Crippen LogP contribution in [0.4, 0.5) is 5.69 Å². The van der Waals surface area contributed by atoms with E-state index in [0.717, 1.165) is 16.5 Å². The fourth-order valence-corrected chi connectivity index (χ4v) is 3.26. The average Bonchev–Trinajstić information content (AvgIpc) is 3.32. The molecule has 9 heteroatoms. The van der Waals surface area contributed by atoms with Crippen molar-refractivity contribution in [3.63, 3.8) is 0 Å². The van der Waals surface area contributed by atoms with Gasteiger partial charge in [-0.25, -0.2) is 4.68 Å². The number of hydrogen-bond acceptors (Lipinski definition) is 5. The first-order chi connectivity index (χ1) is 14.0. The third kappa shape index (κ3) is 3.57. The molecule has 1 amide bonds. The summed E-state index contributed by atoms with van der Waals surface area (Å²) in [7, 11) is 0. The molecule has 0 aliphatic heterocycles. The van der Waals surface area contributed by atoms with E-state index in [1.54, 1.807) is 19.1 Å². The summed E-state index contributed by atoms with van der Waals surface area (Å²) >= 11 is 0. The van der Waals surface area contributed by atoms with E-state index in [1.807, 2.05) is 30.5 Å². The summed E-state index contributed by atoms with van der Waals surface area (Å²) < 4.78 is 1.42. The maximum absolute atomic E-state index is 12.5. The standard InChI is InChI=1S/C20H18N6O3/c1-13-19(23-24-25(13)15-5-4-6-16(11-15)26(28)29)20(27)21-10-9-14-12-22-18-8-3-2-7-17(14)18/h2-8,11-12,22H,9-10H2,1H3,(H,21,27). The van der Waals surface area contributed by atoms with Gasteiger partial charge < -0.3 is 10.3 Å². The van der Waals surface area contributed by atoms with E-state index in [9.17, 15) is 14.9 Å². The monoisotopic (exact) mass is 390 g/mol. The van der Waals surface area contributed by atoms with Gasteiger partial charge in [0.15, 0.2) is 5.69 Å². The number of amides is 1. The maximum Gasteiger partial charge on any atom is 0.273 e. The van der Waals surface area contributed by atoms with Gasteiger partial charge in [-0.05, 0) is 31.0 Å². The summed E-state index contributed by atoms with van der Waals surface area (Å²) in [5.41, 5.74) is 3.30. The van der Waals surface area contributed by atoms with Crippen LogP contribution in [0.5, 0.6) is 0 Å². The van der Waals surface area contributed by atoms with Crippen molar-refractivity contribution < 1.29 is 9.72 Å². The molecule has 0 spiro atoms. The maximum atomic E-state index is 12.5. The molecule has 29 heavy (non-hydrogen) atoms. The minimum atomic E-state index is -0.478. The van der Waals surface area contributed by atoms with Crippen LogP contribution in [0.2, 0.25) is 0 Å². The number of para-hydroxylation sites is 1. The number of hydrogen-bond donors (Lipinski definition) is 2. The number of fused-ring (bicyclic) bond motifs is 1. The van der Waals surface area contributed by atoms with E-state index < -0.39 is 4.92 Å². The number of aromatic nitrogens is 4. The predicted octanol–water partition coefficient (Wildman–Crippen LogP) is 2.94. The van der Waals surface area contributed by atoms with E-state index in [1.165, 1.54) is 16.8 Å². The van der Waals surface area contributed by atoms with Crippen molar-refractivity contribution in [1.82, 2.24) is 25.3 Å². The van der Waals surface area contributed by atoms with Gasteiger partial charge in [-0.2, -0.15) is 0 Å². The highest BCUT2D eigenvalue weighted by molar-refractivity contribution is 5.93. The van der Waals surface area contributed by atoms with E-state index in [0.29, 0.717) is 24.3 Å². The Labute approximate surface area is 165 Å². The number of benzene rings is 2. The number of carbonyl (C=O) groups is 1. The molecule has 0 fully saturated rings. The van der Waals surface area contributed by atoms with Crippen molar-refractivity contribution in [2.45, 2.75) is 13.3 Å². The largest absolute Gasteiger partial charge is 0.361 e. The Kier molecular flexibility index (Phi) is 4.78. The lowest BCUT2D eigenvalue weighted by Crippen LogP contribution is -2.26. The molecule has 0 bridgehead atoms. The van der Waals surface area contributed by atoms with Crippen molar-refractivity contribution in [1.29, 1.82) is 0 Å². The lowest BCUT2D eigenvalue weighted by atomic mass is 10.1. The summed E-state index contributed by atoms with van der Waals surface area (Å²) in [5, 5.41) is 22.9. The number of carbonyl (C=O) groups excluding carboxylic acids is 1. The quantitative estimate of drug-likeness (QED) is 0.387.